The van der Waals surface area contributed by atoms with Gasteiger partial charge in [0, 0.05) is 11.1 Å². The third-order valence-corrected chi connectivity index (χ3v) is 4.25. The van der Waals surface area contributed by atoms with Crippen LogP contribution in [0.2, 0.25) is 5.02 Å². The van der Waals surface area contributed by atoms with Crippen molar-refractivity contribution in [2.45, 2.75) is 33.2 Å². The Morgan fingerprint density at radius 2 is 1.81 bits per heavy atom. The van der Waals surface area contributed by atoms with E-state index in [1.54, 1.807) is 0 Å². The summed E-state index contributed by atoms with van der Waals surface area (Å²) in [5, 5.41) is 4.49. The maximum atomic E-state index is 6.38. The SMILES string of the molecule is CCNC(c1ccccc1)C(C)Cc1ccc(C)cc1Cl. The summed E-state index contributed by atoms with van der Waals surface area (Å²) in [5.74, 6) is 0.479. The van der Waals surface area contributed by atoms with Gasteiger partial charge in [0.05, 0.1) is 0 Å². The fraction of sp³-hybridized carbons (Fsp3) is 0.368. The van der Waals surface area contributed by atoms with E-state index in [2.05, 4.69) is 68.6 Å². The summed E-state index contributed by atoms with van der Waals surface area (Å²) in [7, 11) is 0. The molecule has 1 N–H and O–H groups in total. The maximum Gasteiger partial charge on any atom is 0.0440 e. The van der Waals surface area contributed by atoms with Gasteiger partial charge in [0.2, 0.25) is 0 Å². The molecular formula is C19H24ClN. The number of aryl methyl sites for hydroxylation is 1. The molecule has 112 valence electrons. The molecule has 2 unspecified atom stereocenters. The summed E-state index contributed by atoms with van der Waals surface area (Å²) in [5.41, 5.74) is 3.78. The van der Waals surface area contributed by atoms with Crippen LogP contribution >= 0.6 is 11.6 Å². The molecule has 1 nitrogen and oxygen atoms in total. The van der Waals surface area contributed by atoms with Gasteiger partial charge in [-0.2, -0.15) is 0 Å². The van der Waals surface area contributed by atoms with E-state index >= 15 is 0 Å². The Morgan fingerprint density at radius 3 is 2.43 bits per heavy atom. The molecule has 0 heterocycles. The molecule has 0 aliphatic heterocycles. The second-order valence-corrected chi connectivity index (χ2v) is 6.13. The van der Waals surface area contributed by atoms with Gasteiger partial charge in [-0.15, -0.1) is 0 Å². The van der Waals surface area contributed by atoms with Crippen LogP contribution in [-0.4, -0.2) is 6.54 Å². The number of nitrogens with one attached hydrogen (secondary N) is 1. The van der Waals surface area contributed by atoms with E-state index in [4.69, 9.17) is 11.6 Å². The van der Waals surface area contributed by atoms with E-state index in [0.717, 1.165) is 18.0 Å². The summed E-state index contributed by atoms with van der Waals surface area (Å²) in [6, 6.07) is 17.4. The van der Waals surface area contributed by atoms with Crippen molar-refractivity contribution < 1.29 is 0 Å². The zero-order valence-electron chi connectivity index (χ0n) is 13.1. The standard InChI is InChI=1S/C19H24ClN/c1-4-21-19(16-8-6-5-7-9-16)15(3)13-17-11-10-14(2)12-18(17)20/h5-12,15,19,21H,4,13H2,1-3H3. The molecule has 21 heavy (non-hydrogen) atoms. The fourth-order valence-corrected chi connectivity index (χ4v) is 3.12. The normalized spacial score (nSPS) is 13.9. The van der Waals surface area contributed by atoms with Gasteiger partial charge in [0.25, 0.3) is 0 Å². The molecule has 2 rings (SSSR count). The average Bonchev–Trinajstić information content (AvgIpc) is 2.48. The topological polar surface area (TPSA) is 12.0 Å². The molecule has 0 saturated heterocycles. The van der Waals surface area contributed by atoms with Gasteiger partial charge in [-0.05, 0) is 48.6 Å². The maximum absolute atomic E-state index is 6.38. The number of hydrogen-bond acceptors (Lipinski definition) is 1. The molecule has 0 bridgehead atoms. The van der Waals surface area contributed by atoms with Crippen molar-refractivity contribution in [2.24, 2.45) is 5.92 Å². The third-order valence-electron chi connectivity index (χ3n) is 3.90. The lowest BCUT2D eigenvalue weighted by molar-refractivity contribution is 0.391. The van der Waals surface area contributed by atoms with Crippen molar-refractivity contribution in [1.29, 1.82) is 0 Å². The third kappa shape index (κ3) is 4.33. The minimum atomic E-state index is 0.355. The summed E-state index contributed by atoms with van der Waals surface area (Å²) in [6.07, 6.45) is 0.978. The minimum Gasteiger partial charge on any atom is -0.310 e. The van der Waals surface area contributed by atoms with E-state index in [1.165, 1.54) is 16.7 Å². The van der Waals surface area contributed by atoms with Crippen molar-refractivity contribution in [2.75, 3.05) is 6.54 Å². The van der Waals surface area contributed by atoms with Crippen LogP contribution in [0.25, 0.3) is 0 Å². The number of rotatable bonds is 6. The highest BCUT2D eigenvalue weighted by Gasteiger charge is 2.19. The van der Waals surface area contributed by atoms with E-state index in [9.17, 15) is 0 Å². The first kappa shape index (κ1) is 16.1. The molecule has 2 heteroatoms. The second kappa shape index (κ2) is 7.63. The molecule has 0 spiro atoms. The van der Waals surface area contributed by atoms with Crippen molar-refractivity contribution in [3.63, 3.8) is 0 Å². The zero-order chi connectivity index (χ0) is 15.2. The number of benzene rings is 2. The predicted molar refractivity (Wildman–Crippen MR) is 91.9 cm³/mol. The summed E-state index contributed by atoms with van der Waals surface area (Å²) in [6.45, 7) is 7.48. The van der Waals surface area contributed by atoms with Gasteiger partial charge < -0.3 is 5.32 Å². The van der Waals surface area contributed by atoms with Crippen molar-refractivity contribution in [3.8, 4) is 0 Å². The van der Waals surface area contributed by atoms with Crippen LogP contribution in [0.5, 0.6) is 0 Å². The van der Waals surface area contributed by atoms with Crippen molar-refractivity contribution >= 4 is 11.6 Å². The fourth-order valence-electron chi connectivity index (χ4n) is 2.81. The predicted octanol–water partition coefficient (Wildman–Crippen LogP) is 5.18. The molecule has 0 amide bonds. The lowest BCUT2D eigenvalue weighted by Gasteiger charge is -2.26. The summed E-state index contributed by atoms with van der Waals surface area (Å²) < 4.78 is 0. The van der Waals surface area contributed by atoms with Gasteiger partial charge in [-0.25, -0.2) is 0 Å². The largest absolute Gasteiger partial charge is 0.310 e. The first-order valence-corrected chi connectivity index (χ1v) is 8.03. The van der Waals surface area contributed by atoms with Crippen molar-refractivity contribution in [1.82, 2.24) is 5.32 Å². The Labute approximate surface area is 133 Å². The molecule has 0 aliphatic carbocycles. The van der Waals surface area contributed by atoms with Crippen LogP contribution in [0.4, 0.5) is 0 Å². The van der Waals surface area contributed by atoms with Gasteiger partial charge in [-0.1, -0.05) is 67.9 Å². The Kier molecular flexibility index (Phi) is 5.84. The zero-order valence-corrected chi connectivity index (χ0v) is 13.8. The first-order chi connectivity index (χ1) is 10.1. The molecule has 0 fully saturated rings. The Balaban J connectivity index is 2.17. The monoisotopic (exact) mass is 301 g/mol. The highest BCUT2D eigenvalue weighted by atomic mass is 35.5. The molecule has 2 atom stereocenters. The van der Waals surface area contributed by atoms with Crippen LogP contribution in [0.15, 0.2) is 48.5 Å². The molecule has 0 radical (unpaired) electrons. The Bertz CT molecular complexity index is 565. The molecule has 0 aromatic heterocycles. The molecular weight excluding hydrogens is 278 g/mol. The second-order valence-electron chi connectivity index (χ2n) is 5.72. The van der Waals surface area contributed by atoms with Crippen molar-refractivity contribution in [3.05, 3.63) is 70.2 Å². The lowest BCUT2D eigenvalue weighted by atomic mass is 9.89. The quantitative estimate of drug-likeness (QED) is 0.775. The minimum absolute atomic E-state index is 0.355. The average molecular weight is 302 g/mol. The van der Waals surface area contributed by atoms with E-state index < -0.39 is 0 Å². The smallest absolute Gasteiger partial charge is 0.0440 e. The molecule has 2 aromatic rings. The van der Waals surface area contributed by atoms with Crippen LogP contribution < -0.4 is 5.32 Å². The van der Waals surface area contributed by atoms with E-state index in [-0.39, 0.29) is 0 Å². The Hall–Kier alpha value is -1.31. The highest BCUT2D eigenvalue weighted by molar-refractivity contribution is 6.31. The molecule has 2 aromatic carbocycles. The van der Waals surface area contributed by atoms with Crippen LogP contribution in [-0.2, 0) is 6.42 Å². The van der Waals surface area contributed by atoms with Gasteiger partial charge in [0.15, 0.2) is 0 Å². The first-order valence-electron chi connectivity index (χ1n) is 7.65. The highest BCUT2D eigenvalue weighted by Crippen LogP contribution is 2.28. The van der Waals surface area contributed by atoms with Crippen LogP contribution in [0.1, 0.15) is 36.6 Å². The van der Waals surface area contributed by atoms with E-state index in [1.807, 2.05) is 6.07 Å². The molecule has 0 aliphatic rings. The number of halogens is 1. The summed E-state index contributed by atoms with van der Waals surface area (Å²) >= 11 is 6.38. The van der Waals surface area contributed by atoms with E-state index in [0.29, 0.717) is 12.0 Å². The number of hydrogen-bond donors (Lipinski definition) is 1. The molecule has 0 saturated carbocycles. The Morgan fingerprint density at radius 1 is 1.10 bits per heavy atom. The lowest BCUT2D eigenvalue weighted by Crippen LogP contribution is -2.28. The van der Waals surface area contributed by atoms with Gasteiger partial charge in [-0.3, -0.25) is 0 Å². The van der Waals surface area contributed by atoms with Gasteiger partial charge in [0.1, 0.15) is 0 Å². The summed E-state index contributed by atoms with van der Waals surface area (Å²) in [4.78, 5) is 0. The van der Waals surface area contributed by atoms with Crippen LogP contribution in [0, 0.1) is 12.8 Å². The van der Waals surface area contributed by atoms with Gasteiger partial charge >= 0.3 is 0 Å². The van der Waals surface area contributed by atoms with Crippen LogP contribution in [0.3, 0.4) is 0 Å².